The predicted molar refractivity (Wildman–Crippen MR) is 160 cm³/mol. The third kappa shape index (κ3) is 6.31. The Morgan fingerprint density at radius 2 is 0.943 bits per heavy atom. The normalized spacial score (nSPS) is 12.1. The first kappa shape index (κ1) is 26.9. The van der Waals surface area contributed by atoms with Crippen LogP contribution in [0.25, 0.3) is 11.1 Å². The van der Waals surface area contributed by atoms with E-state index in [9.17, 15) is 0 Å². The number of rotatable bonds is 4. The summed E-state index contributed by atoms with van der Waals surface area (Å²) in [5.74, 6) is 0. The SMILES string of the molecule is Brc1ccc2c(c1)C(Cc1ccccc1)(Cc1ccccc1)c1cc(Br)ccc1-2.C=CC.C=CC. The van der Waals surface area contributed by atoms with Crippen LogP contribution in [-0.4, -0.2) is 0 Å². The molecule has 0 amide bonds. The van der Waals surface area contributed by atoms with E-state index in [2.05, 4.69) is 142 Å². The molecule has 0 unspecified atom stereocenters. The van der Waals surface area contributed by atoms with Crippen molar-refractivity contribution in [1.29, 1.82) is 0 Å². The third-order valence-corrected chi connectivity index (χ3v) is 6.97. The summed E-state index contributed by atoms with van der Waals surface area (Å²) in [6.45, 7) is 10.5. The summed E-state index contributed by atoms with van der Waals surface area (Å²) in [7, 11) is 0. The Morgan fingerprint density at radius 1 is 0.600 bits per heavy atom. The van der Waals surface area contributed by atoms with Crippen molar-refractivity contribution in [2.75, 3.05) is 0 Å². The van der Waals surface area contributed by atoms with Gasteiger partial charge in [-0.2, -0.15) is 0 Å². The summed E-state index contributed by atoms with van der Waals surface area (Å²) in [5.41, 5.74) is 8.14. The molecule has 0 fully saturated rings. The van der Waals surface area contributed by atoms with Crippen molar-refractivity contribution >= 4 is 31.9 Å². The van der Waals surface area contributed by atoms with Crippen LogP contribution in [0.1, 0.15) is 36.1 Å². The maximum Gasteiger partial charge on any atom is 0.0296 e. The molecule has 0 heterocycles. The van der Waals surface area contributed by atoms with Gasteiger partial charge in [-0.05, 0) is 84.3 Å². The van der Waals surface area contributed by atoms with E-state index in [0.717, 1.165) is 21.8 Å². The second-order valence-electron chi connectivity index (χ2n) is 8.60. The molecule has 0 spiro atoms. The predicted octanol–water partition coefficient (Wildman–Crippen LogP) is 10.3. The minimum Gasteiger partial charge on any atom is -0.103 e. The zero-order valence-electron chi connectivity index (χ0n) is 20.5. The summed E-state index contributed by atoms with van der Waals surface area (Å²) in [5, 5.41) is 0. The summed E-state index contributed by atoms with van der Waals surface area (Å²) in [6, 6.07) is 35.3. The van der Waals surface area contributed by atoms with Crippen molar-refractivity contribution in [3.05, 3.63) is 154 Å². The standard InChI is InChI=1S/C27H20Br2.2C3H6/c28-21-11-13-23-24-14-12-22(29)16-26(24)27(25(23)15-21,17-19-7-3-1-4-8-19)18-20-9-5-2-6-10-20;2*1-3-2/h1-16H,17-18H2;2*3H,1H2,2H3. The fourth-order valence-corrected chi connectivity index (χ4v) is 5.49. The number of allylic oxidation sites excluding steroid dienone is 2. The van der Waals surface area contributed by atoms with Gasteiger partial charge in [-0.15, -0.1) is 13.2 Å². The van der Waals surface area contributed by atoms with Crippen molar-refractivity contribution in [3.63, 3.8) is 0 Å². The second kappa shape index (κ2) is 12.9. The molecule has 0 aromatic heterocycles. The Balaban J connectivity index is 0.000000520. The van der Waals surface area contributed by atoms with Crippen LogP contribution in [0.2, 0.25) is 0 Å². The van der Waals surface area contributed by atoms with E-state index in [0.29, 0.717) is 0 Å². The Labute approximate surface area is 227 Å². The van der Waals surface area contributed by atoms with Crippen LogP contribution >= 0.6 is 31.9 Å². The van der Waals surface area contributed by atoms with Gasteiger partial charge in [0.2, 0.25) is 0 Å². The molecular formula is C33H32Br2. The van der Waals surface area contributed by atoms with E-state index in [4.69, 9.17) is 0 Å². The highest BCUT2D eigenvalue weighted by atomic mass is 79.9. The van der Waals surface area contributed by atoms with Gasteiger partial charge < -0.3 is 0 Å². The summed E-state index contributed by atoms with van der Waals surface area (Å²) in [6.07, 6.45) is 5.44. The van der Waals surface area contributed by atoms with E-state index in [-0.39, 0.29) is 5.41 Å². The lowest BCUT2D eigenvalue weighted by atomic mass is 9.69. The van der Waals surface area contributed by atoms with Gasteiger partial charge in [0.15, 0.2) is 0 Å². The van der Waals surface area contributed by atoms with E-state index >= 15 is 0 Å². The first-order valence-corrected chi connectivity index (χ1v) is 13.4. The lowest BCUT2D eigenvalue weighted by Gasteiger charge is -2.33. The quantitative estimate of drug-likeness (QED) is 0.208. The van der Waals surface area contributed by atoms with Crippen molar-refractivity contribution in [2.24, 2.45) is 0 Å². The van der Waals surface area contributed by atoms with Gasteiger partial charge in [-0.1, -0.05) is 117 Å². The van der Waals surface area contributed by atoms with Crippen LogP contribution in [0.4, 0.5) is 0 Å². The molecule has 0 saturated carbocycles. The molecule has 0 nitrogen and oxygen atoms in total. The smallest absolute Gasteiger partial charge is 0.0296 e. The highest BCUT2D eigenvalue weighted by Gasteiger charge is 2.43. The molecule has 0 saturated heterocycles. The second-order valence-corrected chi connectivity index (χ2v) is 10.4. The summed E-state index contributed by atoms with van der Waals surface area (Å²) < 4.78 is 2.27. The zero-order chi connectivity index (χ0) is 25.3. The molecule has 5 rings (SSSR count). The minimum atomic E-state index is -0.110. The fraction of sp³-hybridized carbons (Fsp3) is 0.152. The number of fused-ring (bicyclic) bond motifs is 3. The van der Waals surface area contributed by atoms with Crippen LogP contribution in [0.3, 0.4) is 0 Å². The maximum absolute atomic E-state index is 3.74. The molecule has 0 atom stereocenters. The Kier molecular flexibility index (Phi) is 9.89. The number of halogens is 2. The summed E-state index contributed by atoms with van der Waals surface area (Å²) in [4.78, 5) is 0. The van der Waals surface area contributed by atoms with E-state index in [1.807, 2.05) is 13.8 Å². The van der Waals surface area contributed by atoms with Gasteiger partial charge in [0, 0.05) is 14.4 Å². The van der Waals surface area contributed by atoms with E-state index < -0.39 is 0 Å². The molecule has 1 aliphatic carbocycles. The monoisotopic (exact) mass is 586 g/mol. The van der Waals surface area contributed by atoms with Crippen LogP contribution in [0, 0.1) is 0 Å². The molecule has 2 heteroatoms. The average molecular weight is 588 g/mol. The molecular weight excluding hydrogens is 556 g/mol. The lowest BCUT2D eigenvalue weighted by Crippen LogP contribution is -2.31. The van der Waals surface area contributed by atoms with Gasteiger partial charge in [-0.25, -0.2) is 0 Å². The number of benzene rings is 4. The Bertz CT molecular complexity index is 1160. The van der Waals surface area contributed by atoms with Crippen LogP contribution in [0.5, 0.6) is 0 Å². The van der Waals surface area contributed by atoms with E-state index in [1.54, 1.807) is 12.2 Å². The summed E-state index contributed by atoms with van der Waals surface area (Å²) >= 11 is 7.47. The largest absolute Gasteiger partial charge is 0.103 e. The highest BCUT2D eigenvalue weighted by molar-refractivity contribution is 9.10. The molecule has 0 aliphatic heterocycles. The molecule has 35 heavy (non-hydrogen) atoms. The first-order valence-electron chi connectivity index (χ1n) is 11.8. The van der Waals surface area contributed by atoms with Gasteiger partial charge in [0.1, 0.15) is 0 Å². The van der Waals surface area contributed by atoms with Crippen molar-refractivity contribution in [3.8, 4) is 11.1 Å². The Morgan fingerprint density at radius 3 is 1.29 bits per heavy atom. The fourth-order valence-electron chi connectivity index (χ4n) is 4.77. The highest BCUT2D eigenvalue weighted by Crippen LogP contribution is 2.53. The topological polar surface area (TPSA) is 0 Å². The van der Waals surface area contributed by atoms with Crippen molar-refractivity contribution in [2.45, 2.75) is 32.1 Å². The maximum atomic E-state index is 3.74. The van der Waals surface area contributed by atoms with Gasteiger partial charge in [0.25, 0.3) is 0 Å². The van der Waals surface area contributed by atoms with Gasteiger partial charge in [0.05, 0.1) is 0 Å². The number of hydrogen-bond acceptors (Lipinski definition) is 0. The lowest BCUT2D eigenvalue weighted by molar-refractivity contribution is 0.519. The molecule has 1 aliphatic rings. The average Bonchev–Trinajstić information content (AvgIpc) is 3.09. The van der Waals surface area contributed by atoms with Gasteiger partial charge >= 0.3 is 0 Å². The van der Waals surface area contributed by atoms with Crippen molar-refractivity contribution in [1.82, 2.24) is 0 Å². The third-order valence-electron chi connectivity index (χ3n) is 5.98. The molecule has 178 valence electrons. The van der Waals surface area contributed by atoms with Gasteiger partial charge in [-0.3, -0.25) is 0 Å². The minimum absolute atomic E-state index is 0.110. The molecule has 4 aromatic rings. The molecule has 0 bridgehead atoms. The molecule has 4 aromatic carbocycles. The first-order chi connectivity index (χ1) is 17.0. The molecule has 0 N–H and O–H groups in total. The molecule has 0 radical (unpaired) electrons. The van der Waals surface area contributed by atoms with Crippen LogP contribution in [0.15, 0.2) is 131 Å². The van der Waals surface area contributed by atoms with E-state index in [1.165, 1.54) is 33.4 Å². The van der Waals surface area contributed by atoms with Crippen LogP contribution in [-0.2, 0) is 18.3 Å². The van der Waals surface area contributed by atoms with Crippen molar-refractivity contribution < 1.29 is 0 Å². The zero-order valence-corrected chi connectivity index (χ0v) is 23.6. The Hall–Kier alpha value is -2.68. The van der Waals surface area contributed by atoms with Crippen LogP contribution < -0.4 is 0 Å². The number of hydrogen-bond donors (Lipinski definition) is 0.